The predicted molar refractivity (Wildman–Crippen MR) is 79.3 cm³/mol. The highest BCUT2D eigenvalue weighted by Crippen LogP contribution is 2.39. The van der Waals surface area contributed by atoms with E-state index >= 15 is 0 Å². The monoisotopic (exact) mass is 306 g/mol. The number of halogens is 3. The molecular formula is C16H29F3N2. The van der Waals surface area contributed by atoms with Gasteiger partial charge < -0.3 is 10.2 Å². The summed E-state index contributed by atoms with van der Waals surface area (Å²) in [5, 5.41) is 3.41. The van der Waals surface area contributed by atoms with Gasteiger partial charge in [-0.15, -0.1) is 0 Å². The summed E-state index contributed by atoms with van der Waals surface area (Å²) in [6.07, 6.45) is 1.71. The molecule has 1 N–H and O–H groups in total. The van der Waals surface area contributed by atoms with Crippen LogP contribution in [0.5, 0.6) is 0 Å². The van der Waals surface area contributed by atoms with Crippen LogP contribution in [0.15, 0.2) is 0 Å². The van der Waals surface area contributed by atoms with E-state index in [2.05, 4.69) is 17.1 Å². The third-order valence-corrected chi connectivity index (χ3v) is 5.03. The van der Waals surface area contributed by atoms with Gasteiger partial charge in [0.2, 0.25) is 0 Å². The standard InChI is InChI=1S/C16H29F3N2/c1-2-9-21(12-13-5-4-8-20-11-13)15-7-3-6-14(10-15)16(17,18)19/h13-15,20H,2-12H2,1H3. The van der Waals surface area contributed by atoms with Gasteiger partial charge in [-0.25, -0.2) is 0 Å². The fourth-order valence-electron chi connectivity index (χ4n) is 3.91. The zero-order valence-electron chi connectivity index (χ0n) is 13.1. The van der Waals surface area contributed by atoms with Crippen molar-refractivity contribution in [1.29, 1.82) is 0 Å². The average Bonchev–Trinajstić information content (AvgIpc) is 2.47. The summed E-state index contributed by atoms with van der Waals surface area (Å²) in [6, 6.07) is 0.132. The molecular weight excluding hydrogens is 277 g/mol. The number of hydrogen-bond donors (Lipinski definition) is 1. The Bertz CT molecular complexity index is 300. The number of piperidine rings is 1. The third-order valence-electron chi connectivity index (χ3n) is 5.03. The van der Waals surface area contributed by atoms with Crippen LogP contribution in [0.3, 0.4) is 0 Å². The minimum atomic E-state index is -4.01. The van der Waals surface area contributed by atoms with E-state index in [1.807, 2.05) is 0 Å². The Balaban J connectivity index is 1.92. The zero-order valence-corrected chi connectivity index (χ0v) is 13.1. The molecule has 0 bridgehead atoms. The van der Waals surface area contributed by atoms with Gasteiger partial charge in [0.05, 0.1) is 5.92 Å². The van der Waals surface area contributed by atoms with Gasteiger partial charge >= 0.3 is 6.18 Å². The van der Waals surface area contributed by atoms with Crippen LogP contribution in [0.2, 0.25) is 0 Å². The van der Waals surface area contributed by atoms with Crippen molar-refractivity contribution in [3.63, 3.8) is 0 Å². The quantitative estimate of drug-likeness (QED) is 0.830. The number of rotatable bonds is 5. The van der Waals surface area contributed by atoms with E-state index in [-0.39, 0.29) is 6.04 Å². The topological polar surface area (TPSA) is 15.3 Å². The van der Waals surface area contributed by atoms with Crippen LogP contribution < -0.4 is 5.32 Å². The summed E-state index contributed by atoms with van der Waals surface area (Å²) in [6.45, 7) is 6.14. The maximum absolute atomic E-state index is 13.0. The lowest BCUT2D eigenvalue weighted by atomic mass is 9.84. The van der Waals surface area contributed by atoms with Crippen molar-refractivity contribution in [1.82, 2.24) is 10.2 Å². The Labute approximate surface area is 126 Å². The number of nitrogens with one attached hydrogen (secondary N) is 1. The second kappa shape index (κ2) is 7.82. The summed E-state index contributed by atoms with van der Waals surface area (Å²) < 4.78 is 39.0. The molecule has 2 fully saturated rings. The number of nitrogens with zero attached hydrogens (tertiary/aromatic N) is 1. The van der Waals surface area contributed by atoms with Gasteiger partial charge in [-0.05, 0) is 64.1 Å². The minimum Gasteiger partial charge on any atom is -0.316 e. The summed E-state index contributed by atoms with van der Waals surface area (Å²) >= 11 is 0. The van der Waals surface area contributed by atoms with E-state index in [1.165, 1.54) is 12.8 Å². The Kier molecular flexibility index (Phi) is 6.35. The Morgan fingerprint density at radius 3 is 2.57 bits per heavy atom. The van der Waals surface area contributed by atoms with Crippen LogP contribution >= 0.6 is 0 Å². The summed E-state index contributed by atoms with van der Waals surface area (Å²) in [5.74, 6) is -0.475. The van der Waals surface area contributed by atoms with Gasteiger partial charge in [-0.3, -0.25) is 0 Å². The molecule has 2 rings (SSSR count). The molecule has 0 aromatic rings. The second-order valence-electron chi connectivity index (χ2n) is 6.77. The largest absolute Gasteiger partial charge is 0.391 e. The van der Waals surface area contributed by atoms with E-state index in [0.29, 0.717) is 18.8 Å². The summed E-state index contributed by atoms with van der Waals surface area (Å²) in [7, 11) is 0. The Hall–Kier alpha value is -0.290. The average molecular weight is 306 g/mol. The summed E-state index contributed by atoms with van der Waals surface area (Å²) in [4.78, 5) is 2.36. The smallest absolute Gasteiger partial charge is 0.316 e. The third kappa shape index (κ3) is 5.13. The van der Waals surface area contributed by atoms with Gasteiger partial charge in [0.1, 0.15) is 0 Å². The van der Waals surface area contributed by atoms with E-state index in [9.17, 15) is 13.2 Å². The van der Waals surface area contributed by atoms with Crippen LogP contribution in [0.25, 0.3) is 0 Å². The van der Waals surface area contributed by atoms with Crippen LogP contribution in [-0.4, -0.2) is 43.3 Å². The molecule has 2 aliphatic rings. The molecule has 0 aromatic carbocycles. The van der Waals surface area contributed by atoms with E-state index in [1.54, 1.807) is 0 Å². The first-order valence-corrected chi connectivity index (χ1v) is 8.52. The number of hydrogen-bond acceptors (Lipinski definition) is 2. The van der Waals surface area contributed by atoms with Crippen molar-refractivity contribution >= 4 is 0 Å². The first-order valence-electron chi connectivity index (χ1n) is 8.52. The SMILES string of the molecule is CCCN(CC1CCCNC1)C1CCCC(C(F)(F)F)C1. The highest BCUT2D eigenvalue weighted by molar-refractivity contribution is 4.85. The van der Waals surface area contributed by atoms with Gasteiger partial charge in [-0.1, -0.05) is 13.3 Å². The van der Waals surface area contributed by atoms with Crippen LogP contribution in [0.4, 0.5) is 13.2 Å². The molecule has 1 heterocycles. The van der Waals surface area contributed by atoms with Gasteiger partial charge in [0, 0.05) is 12.6 Å². The molecule has 3 atom stereocenters. The fraction of sp³-hybridized carbons (Fsp3) is 1.00. The highest BCUT2D eigenvalue weighted by atomic mass is 19.4. The van der Waals surface area contributed by atoms with Crippen LogP contribution in [0, 0.1) is 11.8 Å². The van der Waals surface area contributed by atoms with E-state index in [4.69, 9.17) is 0 Å². The van der Waals surface area contributed by atoms with Gasteiger partial charge in [0.15, 0.2) is 0 Å². The molecule has 0 spiro atoms. The molecule has 0 radical (unpaired) electrons. The first-order chi connectivity index (χ1) is 10.0. The maximum atomic E-state index is 13.0. The van der Waals surface area contributed by atoms with Crippen LogP contribution in [-0.2, 0) is 0 Å². The Morgan fingerprint density at radius 2 is 1.95 bits per heavy atom. The molecule has 1 aliphatic carbocycles. The molecule has 3 unspecified atom stereocenters. The summed E-state index contributed by atoms with van der Waals surface area (Å²) in [5.41, 5.74) is 0. The number of alkyl halides is 3. The first kappa shape index (κ1) is 17.1. The molecule has 1 saturated heterocycles. The molecule has 124 valence electrons. The van der Waals surface area contributed by atoms with Crippen molar-refractivity contribution < 1.29 is 13.2 Å². The lowest BCUT2D eigenvalue weighted by Gasteiger charge is -2.40. The second-order valence-corrected chi connectivity index (χ2v) is 6.77. The highest BCUT2D eigenvalue weighted by Gasteiger charge is 2.43. The fourth-order valence-corrected chi connectivity index (χ4v) is 3.91. The molecule has 21 heavy (non-hydrogen) atoms. The predicted octanol–water partition coefficient (Wildman–Crippen LogP) is 3.82. The molecule has 2 nitrogen and oxygen atoms in total. The van der Waals surface area contributed by atoms with Crippen molar-refractivity contribution in [3.05, 3.63) is 0 Å². The van der Waals surface area contributed by atoms with Crippen molar-refractivity contribution in [3.8, 4) is 0 Å². The van der Waals surface area contributed by atoms with Gasteiger partial charge in [0.25, 0.3) is 0 Å². The lowest BCUT2D eigenvalue weighted by molar-refractivity contribution is -0.187. The normalized spacial score (nSPS) is 31.6. The maximum Gasteiger partial charge on any atom is 0.391 e. The molecule has 0 amide bonds. The molecule has 0 aromatic heterocycles. The van der Waals surface area contributed by atoms with Crippen molar-refractivity contribution in [2.24, 2.45) is 11.8 Å². The van der Waals surface area contributed by atoms with E-state index in [0.717, 1.165) is 45.4 Å². The van der Waals surface area contributed by atoms with Crippen molar-refractivity contribution in [2.75, 3.05) is 26.2 Å². The zero-order chi connectivity index (χ0) is 15.3. The Morgan fingerprint density at radius 1 is 1.14 bits per heavy atom. The molecule has 1 aliphatic heterocycles. The van der Waals surface area contributed by atoms with E-state index < -0.39 is 12.1 Å². The molecule has 1 saturated carbocycles. The van der Waals surface area contributed by atoms with Crippen LogP contribution in [0.1, 0.15) is 51.9 Å². The van der Waals surface area contributed by atoms with Gasteiger partial charge in [-0.2, -0.15) is 13.2 Å². The van der Waals surface area contributed by atoms with Crippen molar-refractivity contribution in [2.45, 2.75) is 64.1 Å². The lowest BCUT2D eigenvalue weighted by Crippen LogP contribution is -2.46. The minimum absolute atomic E-state index is 0.132. The molecule has 5 heteroatoms.